The molecule has 0 amide bonds. The molecule has 2 nitrogen and oxygen atoms in total. The third-order valence-electron chi connectivity index (χ3n) is 4.24. The maximum absolute atomic E-state index is 5.33. The van der Waals surface area contributed by atoms with E-state index < -0.39 is 0 Å². The van der Waals surface area contributed by atoms with E-state index in [1.807, 2.05) is 0 Å². The van der Waals surface area contributed by atoms with Crippen LogP contribution in [0.4, 0.5) is 0 Å². The van der Waals surface area contributed by atoms with Crippen molar-refractivity contribution < 1.29 is 4.74 Å². The fourth-order valence-electron chi connectivity index (χ4n) is 2.81. The molecule has 1 unspecified atom stereocenters. The summed E-state index contributed by atoms with van der Waals surface area (Å²) >= 11 is 0. The van der Waals surface area contributed by atoms with E-state index in [0.717, 1.165) is 18.2 Å². The number of aryl methyl sites for hydroxylation is 1. The largest absolute Gasteiger partial charge is 0.497 e. The van der Waals surface area contributed by atoms with Gasteiger partial charge in [0.05, 0.1) is 7.11 Å². The quantitative estimate of drug-likeness (QED) is 0.827. The monoisotopic (exact) mass is 247 g/mol. The zero-order valence-corrected chi connectivity index (χ0v) is 11.8. The zero-order valence-electron chi connectivity index (χ0n) is 11.8. The molecule has 1 aromatic rings. The second-order valence-electron chi connectivity index (χ2n) is 5.25. The molecule has 2 rings (SSSR count). The van der Waals surface area contributed by atoms with Gasteiger partial charge in [-0.3, -0.25) is 0 Å². The molecule has 0 aromatic heterocycles. The van der Waals surface area contributed by atoms with E-state index in [2.05, 4.69) is 37.4 Å². The molecule has 1 N–H and O–H groups in total. The average Bonchev–Trinajstić information content (AvgIpc) is 2.82. The van der Waals surface area contributed by atoms with Gasteiger partial charge in [0.25, 0.3) is 0 Å². The second-order valence-corrected chi connectivity index (χ2v) is 5.25. The number of ether oxygens (including phenoxy) is 1. The Morgan fingerprint density at radius 1 is 1.33 bits per heavy atom. The van der Waals surface area contributed by atoms with Gasteiger partial charge >= 0.3 is 0 Å². The molecule has 18 heavy (non-hydrogen) atoms. The standard InChI is InChI=1S/C16H25NO/c1-4-12(5-2)11-17-16-9-7-13-6-8-14(18-3)10-15(13)16/h6,8,10,12,16-17H,4-5,7,9,11H2,1-3H3. The van der Waals surface area contributed by atoms with E-state index in [1.165, 1.54) is 36.8 Å². The van der Waals surface area contributed by atoms with Crippen molar-refractivity contribution in [3.05, 3.63) is 29.3 Å². The second kappa shape index (κ2) is 6.24. The van der Waals surface area contributed by atoms with Gasteiger partial charge in [0.1, 0.15) is 5.75 Å². The highest BCUT2D eigenvalue weighted by molar-refractivity contribution is 5.40. The van der Waals surface area contributed by atoms with E-state index in [-0.39, 0.29) is 0 Å². The Kier molecular flexibility index (Phi) is 4.65. The summed E-state index contributed by atoms with van der Waals surface area (Å²) in [6.07, 6.45) is 4.95. The highest BCUT2D eigenvalue weighted by Gasteiger charge is 2.22. The van der Waals surface area contributed by atoms with Crippen molar-refractivity contribution in [1.29, 1.82) is 0 Å². The lowest BCUT2D eigenvalue weighted by Gasteiger charge is -2.19. The Hall–Kier alpha value is -1.02. The van der Waals surface area contributed by atoms with E-state index >= 15 is 0 Å². The van der Waals surface area contributed by atoms with Crippen LogP contribution in [0, 0.1) is 5.92 Å². The topological polar surface area (TPSA) is 21.3 Å². The van der Waals surface area contributed by atoms with Gasteiger partial charge in [-0.1, -0.05) is 32.8 Å². The summed E-state index contributed by atoms with van der Waals surface area (Å²) in [5.41, 5.74) is 2.93. The van der Waals surface area contributed by atoms with Crippen LogP contribution in [-0.2, 0) is 6.42 Å². The molecule has 1 aromatic carbocycles. The highest BCUT2D eigenvalue weighted by atomic mass is 16.5. The van der Waals surface area contributed by atoms with Gasteiger partial charge in [0.15, 0.2) is 0 Å². The molecule has 1 aliphatic rings. The number of fused-ring (bicyclic) bond motifs is 1. The van der Waals surface area contributed by atoms with Gasteiger partial charge in [-0.25, -0.2) is 0 Å². The van der Waals surface area contributed by atoms with Crippen LogP contribution >= 0.6 is 0 Å². The van der Waals surface area contributed by atoms with Gasteiger partial charge in [-0.15, -0.1) is 0 Å². The molecule has 0 aliphatic heterocycles. The lowest BCUT2D eigenvalue weighted by Crippen LogP contribution is -2.25. The van der Waals surface area contributed by atoms with Gasteiger partial charge in [-0.05, 0) is 48.6 Å². The smallest absolute Gasteiger partial charge is 0.119 e. The van der Waals surface area contributed by atoms with Gasteiger partial charge < -0.3 is 10.1 Å². The van der Waals surface area contributed by atoms with Crippen LogP contribution < -0.4 is 10.1 Å². The lowest BCUT2D eigenvalue weighted by atomic mass is 10.0. The number of hydrogen-bond acceptors (Lipinski definition) is 2. The summed E-state index contributed by atoms with van der Waals surface area (Å²) in [4.78, 5) is 0. The Balaban J connectivity index is 2.01. The Labute approximate surface area is 111 Å². The van der Waals surface area contributed by atoms with E-state index in [4.69, 9.17) is 4.74 Å². The molecule has 1 atom stereocenters. The van der Waals surface area contributed by atoms with Crippen LogP contribution in [0.2, 0.25) is 0 Å². The van der Waals surface area contributed by atoms with Gasteiger partial charge in [-0.2, -0.15) is 0 Å². The molecule has 0 saturated heterocycles. The van der Waals surface area contributed by atoms with Crippen molar-refractivity contribution in [1.82, 2.24) is 5.32 Å². The van der Waals surface area contributed by atoms with Crippen LogP contribution in [0.25, 0.3) is 0 Å². The van der Waals surface area contributed by atoms with Crippen LogP contribution in [-0.4, -0.2) is 13.7 Å². The van der Waals surface area contributed by atoms with Gasteiger partial charge in [0.2, 0.25) is 0 Å². The Morgan fingerprint density at radius 3 is 2.78 bits per heavy atom. The minimum absolute atomic E-state index is 0.524. The van der Waals surface area contributed by atoms with E-state index in [9.17, 15) is 0 Å². The van der Waals surface area contributed by atoms with Crippen LogP contribution in [0.1, 0.15) is 50.3 Å². The van der Waals surface area contributed by atoms with Crippen molar-refractivity contribution >= 4 is 0 Å². The average molecular weight is 247 g/mol. The fourth-order valence-corrected chi connectivity index (χ4v) is 2.81. The van der Waals surface area contributed by atoms with Gasteiger partial charge in [0, 0.05) is 6.04 Å². The number of hydrogen-bond donors (Lipinski definition) is 1. The minimum Gasteiger partial charge on any atom is -0.497 e. The summed E-state index contributed by atoms with van der Waals surface area (Å²) < 4.78 is 5.33. The highest BCUT2D eigenvalue weighted by Crippen LogP contribution is 2.33. The molecule has 0 fully saturated rings. The molecule has 0 radical (unpaired) electrons. The van der Waals surface area contributed by atoms with Crippen LogP contribution in [0.15, 0.2) is 18.2 Å². The maximum atomic E-state index is 5.33. The SMILES string of the molecule is CCC(CC)CNC1CCc2ccc(OC)cc21. The zero-order chi connectivity index (χ0) is 13.0. The number of methoxy groups -OCH3 is 1. The third-order valence-corrected chi connectivity index (χ3v) is 4.24. The van der Waals surface area contributed by atoms with Crippen LogP contribution in [0.5, 0.6) is 5.75 Å². The molecule has 0 spiro atoms. The summed E-state index contributed by atoms with van der Waals surface area (Å²) in [7, 11) is 1.74. The predicted molar refractivity (Wildman–Crippen MR) is 76.1 cm³/mol. The van der Waals surface area contributed by atoms with Crippen molar-refractivity contribution in [3.8, 4) is 5.75 Å². The molecular weight excluding hydrogens is 222 g/mol. The summed E-state index contributed by atoms with van der Waals surface area (Å²) in [5, 5.41) is 3.74. The first-order chi connectivity index (χ1) is 8.78. The normalized spacial score (nSPS) is 18.1. The Bertz CT molecular complexity index is 385. The first kappa shape index (κ1) is 13.4. The molecule has 1 aliphatic carbocycles. The molecule has 0 saturated carbocycles. The fraction of sp³-hybridized carbons (Fsp3) is 0.625. The van der Waals surface area contributed by atoms with Crippen molar-refractivity contribution in [2.75, 3.05) is 13.7 Å². The van der Waals surface area contributed by atoms with Crippen molar-refractivity contribution in [2.24, 2.45) is 5.92 Å². The summed E-state index contributed by atoms with van der Waals surface area (Å²) in [6, 6.07) is 7.01. The molecule has 0 heterocycles. The minimum atomic E-state index is 0.524. The third kappa shape index (κ3) is 2.86. The van der Waals surface area contributed by atoms with Crippen LogP contribution in [0.3, 0.4) is 0 Å². The Morgan fingerprint density at radius 2 is 2.11 bits per heavy atom. The van der Waals surface area contributed by atoms with Crippen molar-refractivity contribution in [2.45, 2.75) is 45.6 Å². The summed E-state index contributed by atoms with van der Waals surface area (Å²) in [5.74, 6) is 1.78. The lowest BCUT2D eigenvalue weighted by molar-refractivity contribution is 0.404. The summed E-state index contributed by atoms with van der Waals surface area (Å²) in [6.45, 7) is 5.69. The number of benzene rings is 1. The maximum Gasteiger partial charge on any atom is 0.119 e. The predicted octanol–water partition coefficient (Wildman–Crippen LogP) is 3.71. The molecular formula is C16H25NO. The molecule has 100 valence electrons. The first-order valence-electron chi connectivity index (χ1n) is 7.18. The molecule has 2 heteroatoms. The van der Waals surface area contributed by atoms with E-state index in [0.29, 0.717) is 6.04 Å². The van der Waals surface area contributed by atoms with Crippen molar-refractivity contribution in [3.63, 3.8) is 0 Å². The molecule has 0 bridgehead atoms. The first-order valence-corrected chi connectivity index (χ1v) is 7.18. The number of nitrogens with one attached hydrogen (secondary N) is 1. The number of rotatable bonds is 6. The van der Waals surface area contributed by atoms with E-state index in [1.54, 1.807) is 7.11 Å².